The molecule has 92 valence electrons. The van der Waals surface area contributed by atoms with Crippen LogP contribution in [-0.2, 0) is 9.53 Å². The highest BCUT2D eigenvalue weighted by molar-refractivity contribution is 5.65. The summed E-state index contributed by atoms with van der Waals surface area (Å²) >= 11 is 0. The van der Waals surface area contributed by atoms with Crippen LogP contribution in [0.15, 0.2) is 6.33 Å². The second kappa shape index (κ2) is 5.58. The van der Waals surface area contributed by atoms with Gasteiger partial charge in [-0.15, -0.1) is 0 Å². The molecule has 0 aromatic carbocycles. The molecule has 0 fully saturated rings. The summed E-state index contributed by atoms with van der Waals surface area (Å²) in [7, 11) is 1.23. The minimum absolute atomic E-state index is 0.233. The zero-order valence-corrected chi connectivity index (χ0v) is 9.08. The molecule has 0 saturated carbocycles. The van der Waals surface area contributed by atoms with Gasteiger partial charge >= 0.3 is 23.4 Å². The van der Waals surface area contributed by atoms with E-state index in [1.807, 2.05) is 0 Å². The second-order valence-corrected chi connectivity index (χ2v) is 2.69. The highest BCUT2D eigenvalue weighted by atomic mass is 16.7. The fourth-order valence-corrected chi connectivity index (χ4v) is 0.927. The van der Waals surface area contributed by atoms with Crippen LogP contribution in [0.2, 0.25) is 0 Å². The summed E-state index contributed by atoms with van der Waals surface area (Å²) in [6.45, 7) is 0.703. The van der Waals surface area contributed by atoms with E-state index >= 15 is 0 Å². The monoisotopic (exact) mass is 243 g/mol. The molecule has 9 heteroatoms. The maximum atomic E-state index is 10.8. The number of ether oxygens (including phenoxy) is 3. The fourth-order valence-electron chi connectivity index (χ4n) is 0.927. The molecule has 17 heavy (non-hydrogen) atoms. The molecule has 0 bridgehead atoms. The summed E-state index contributed by atoms with van der Waals surface area (Å²) in [4.78, 5) is 27.6. The number of hydrogen-bond acceptors (Lipinski definition) is 8. The summed E-state index contributed by atoms with van der Waals surface area (Å²) in [5.41, 5.74) is -0.526. The standard InChI is InChI=1S/C8H9N3O6/c1-5(12)16-4-17-8-6(11(13)14)7(15-2)9-3-10-8/h3H,4H2,1-2H3. The Balaban J connectivity index is 2.90. The van der Waals surface area contributed by atoms with Crippen LogP contribution >= 0.6 is 0 Å². The second-order valence-electron chi connectivity index (χ2n) is 2.69. The van der Waals surface area contributed by atoms with Crippen molar-refractivity contribution >= 4 is 11.7 Å². The lowest BCUT2D eigenvalue weighted by atomic mass is 10.5. The van der Waals surface area contributed by atoms with Gasteiger partial charge in [0, 0.05) is 6.92 Å². The van der Waals surface area contributed by atoms with E-state index in [9.17, 15) is 14.9 Å². The predicted octanol–water partition coefficient (Wildman–Crippen LogP) is 0.293. The first-order valence-electron chi connectivity index (χ1n) is 4.35. The Hall–Kier alpha value is -2.45. The lowest BCUT2D eigenvalue weighted by Gasteiger charge is -2.06. The van der Waals surface area contributed by atoms with Crippen molar-refractivity contribution in [3.05, 3.63) is 16.4 Å². The summed E-state index contributed by atoms with van der Waals surface area (Å²) in [6, 6.07) is 0. The lowest BCUT2D eigenvalue weighted by molar-refractivity contribution is -0.387. The van der Waals surface area contributed by atoms with E-state index in [4.69, 9.17) is 9.47 Å². The number of nitrogens with zero attached hydrogens (tertiary/aromatic N) is 3. The van der Waals surface area contributed by atoms with E-state index in [0.29, 0.717) is 0 Å². The molecule has 0 N–H and O–H groups in total. The van der Waals surface area contributed by atoms with E-state index in [0.717, 1.165) is 6.33 Å². The van der Waals surface area contributed by atoms with Gasteiger partial charge in [-0.2, -0.15) is 9.97 Å². The smallest absolute Gasteiger partial charge is 0.392 e. The van der Waals surface area contributed by atoms with Crippen LogP contribution in [0, 0.1) is 10.1 Å². The maximum Gasteiger partial charge on any atom is 0.392 e. The van der Waals surface area contributed by atoms with Gasteiger partial charge in [-0.1, -0.05) is 0 Å². The molecule has 9 nitrogen and oxygen atoms in total. The van der Waals surface area contributed by atoms with Crippen molar-refractivity contribution in [2.45, 2.75) is 6.92 Å². The van der Waals surface area contributed by atoms with Crippen LogP contribution in [-0.4, -0.2) is 34.8 Å². The molecule has 0 aliphatic carbocycles. The number of carbonyl (C=O) groups excluding carboxylic acids is 1. The van der Waals surface area contributed by atoms with Crippen molar-refractivity contribution in [2.75, 3.05) is 13.9 Å². The largest absolute Gasteiger partial charge is 0.476 e. The van der Waals surface area contributed by atoms with Crippen molar-refractivity contribution in [2.24, 2.45) is 0 Å². The summed E-state index contributed by atoms with van der Waals surface area (Å²) in [6.07, 6.45) is 1.04. The topological polar surface area (TPSA) is 114 Å². The fraction of sp³-hybridized carbons (Fsp3) is 0.375. The van der Waals surface area contributed by atoms with Crippen molar-refractivity contribution in [1.82, 2.24) is 9.97 Å². The summed E-state index contributed by atoms with van der Waals surface area (Å²) < 4.78 is 14.0. The molecular formula is C8H9N3O6. The molecule has 0 atom stereocenters. The maximum absolute atomic E-state index is 10.8. The van der Waals surface area contributed by atoms with Gasteiger partial charge in [-0.05, 0) is 0 Å². The van der Waals surface area contributed by atoms with Crippen LogP contribution in [0.1, 0.15) is 6.92 Å². The number of nitro groups is 1. The Labute approximate surface area is 95.5 Å². The SMILES string of the molecule is COc1ncnc(OCOC(C)=O)c1[N+](=O)[O-]. The van der Waals surface area contributed by atoms with Gasteiger partial charge in [0.25, 0.3) is 0 Å². The summed E-state index contributed by atoms with van der Waals surface area (Å²) in [5.74, 6) is -1.14. The van der Waals surface area contributed by atoms with E-state index in [1.54, 1.807) is 0 Å². The van der Waals surface area contributed by atoms with Gasteiger partial charge in [0.2, 0.25) is 6.79 Å². The highest BCUT2D eigenvalue weighted by Crippen LogP contribution is 2.31. The Kier molecular flexibility index (Phi) is 4.14. The van der Waals surface area contributed by atoms with Crippen molar-refractivity contribution < 1.29 is 23.9 Å². The third-order valence-corrected chi connectivity index (χ3v) is 1.59. The molecular weight excluding hydrogens is 234 g/mol. The highest BCUT2D eigenvalue weighted by Gasteiger charge is 2.25. The third kappa shape index (κ3) is 3.26. The van der Waals surface area contributed by atoms with Crippen LogP contribution in [0.4, 0.5) is 5.69 Å². The minimum Gasteiger partial charge on any atom is -0.476 e. The number of esters is 1. The molecule has 1 rings (SSSR count). The number of aromatic nitrogens is 2. The molecule has 0 aliphatic rings. The number of methoxy groups -OCH3 is 1. The van der Waals surface area contributed by atoms with Gasteiger partial charge in [-0.25, -0.2) is 0 Å². The Bertz CT molecular complexity index is 435. The van der Waals surface area contributed by atoms with E-state index < -0.39 is 23.4 Å². The quantitative estimate of drug-likeness (QED) is 0.314. The first-order valence-corrected chi connectivity index (χ1v) is 4.35. The number of hydrogen-bond donors (Lipinski definition) is 0. The Morgan fingerprint density at radius 1 is 1.47 bits per heavy atom. The molecule has 0 aliphatic heterocycles. The number of carbonyl (C=O) groups is 1. The van der Waals surface area contributed by atoms with Crippen molar-refractivity contribution in [1.29, 1.82) is 0 Å². The van der Waals surface area contributed by atoms with Gasteiger partial charge in [0.1, 0.15) is 6.33 Å². The molecule has 0 radical (unpaired) electrons. The lowest BCUT2D eigenvalue weighted by Crippen LogP contribution is -2.09. The molecule has 0 unspecified atom stereocenters. The molecule has 1 heterocycles. The zero-order valence-electron chi connectivity index (χ0n) is 9.08. The van der Waals surface area contributed by atoms with Gasteiger partial charge in [0.15, 0.2) is 0 Å². The van der Waals surface area contributed by atoms with Gasteiger partial charge in [0.05, 0.1) is 12.0 Å². The van der Waals surface area contributed by atoms with Crippen LogP contribution < -0.4 is 9.47 Å². The van der Waals surface area contributed by atoms with Crippen molar-refractivity contribution in [3.8, 4) is 11.8 Å². The zero-order chi connectivity index (χ0) is 12.8. The summed E-state index contributed by atoms with van der Waals surface area (Å²) in [5, 5.41) is 10.8. The minimum atomic E-state index is -0.748. The van der Waals surface area contributed by atoms with E-state index in [1.165, 1.54) is 14.0 Å². The molecule has 1 aromatic rings. The van der Waals surface area contributed by atoms with Crippen LogP contribution in [0.25, 0.3) is 0 Å². The van der Waals surface area contributed by atoms with Gasteiger partial charge in [-0.3, -0.25) is 14.9 Å². The Morgan fingerprint density at radius 3 is 2.65 bits per heavy atom. The van der Waals surface area contributed by atoms with E-state index in [2.05, 4.69) is 14.7 Å². The first-order chi connectivity index (χ1) is 8.06. The normalized spacial score (nSPS) is 9.53. The molecule has 1 aromatic heterocycles. The van der Waals surface area contributed by atoms with Crippen LogP contribution in [0.3, 0.4) is 0 Å². The molecule has 0 saturated heterocycles. The number of rotatable bonds is 5. The predicted molar refractivity (Wildman–Crippen MR) is 52.5 cm³/mol. The average molecular weight is 243 g/mol. The molecule has 0 spiro atoms. The van der Waals surface area contributed by atoms with E-state index in [-0.39, 0.29) is 11.8 Å². The van der Waals surface area contributed by atoms with Gasteiger partial charge < -0.3 is 14.2 Å². The van der Waals surface area contributed by atoms with Crippen molar-refractivity contribution in [3.63, 3.8) is 0 Å². The average Bonchev–Trinajstić information content (AvgIpc) is 2.27. The third-order valence-electron chi connectivity index (χ3n) is 1.59. The van der Waals surface area contributed by atoms with Crippen LogP contribution in [0.5, 0.6) is 11.8 Å². The first kappa shape index (κ1) is 12.6. The Morgan fingerprint density at radius 2 is 2.12 bits per heavy atom. The molecule has 0 amide bonds.